The van der Waals surface area contributed by atoms with Crippen molar-refractivity contribution in [1.82, 2.24) is 4.57 Å². The van der Waals surface area contributed by atoms with Gasteiger partial charge in [0.25, 0.3) is 0 Å². The molecule has 0 fully saturated rings. The molecule has 2 aromatic heterocycles. The summed E-state index contributed by atoms with van der Waals surface area (Å²) in [5.41, 5.74) is 17.9. The Balaban J connectivity index is 0.830. The van der Waals surface area contributed by atoms with Gasteiger partial charge in [-0.25, -0.2) is 0 Å². The van der Waals surface area contributed by atoms with Crippen LogP contribution in [-0.4, -0.2) is 4.57 Å². The van der Waals surface area contributed by atoms with Crippen molar-refractivity contribution in [1.29, 1.82) is 0 Å². The van der Waals surface area contributed by atoms with Gasteiger partial charge >= 0.3 is 0 Å². The SMILES string of the molecule is c1cc(-c2cccc3oc4ccccc4c23)cc(N(c2ccc(-c3ccc(-c4cccc(-n5c6ccccc6c6ccccc65)c4)cc3)cc2)c2ccc(-c3cc4ccccc4c4ccccc34)cc2)c1. The Morgan fingerprint density at radius 1 is 0.282 bits per heavy atom. The summed E-state index contributed by atoms with van der Waals surface area (Å²) in [6, 6.07) is 96.7. The van der Waals surface area contributed by atoms with E-state index >= 15 is 0 Å². The van der Waals surface area contributed by atoms with E-state index in [2.05, 4.69) is 264 Å². The number of anilines is 3. The summed E-state index contributed by atoms with van der Waals surface area (Å²) in [5, 5.41) is 9.81. The number of hydrogen-bond donors (Lipinski definition) is 0. The Morgan fingerprint density at radius 2 is 0.803 bits per heavy atom. The first kappa shape index (κ1) is 40.6. The van der Waals surface area contributed by atoms with Gasteiger partial charge in [0, 0.05) is 44.3 Å². The van der Waals surface area contributed by atoms with Crippen LogP contribution in [0.25, 0.3) is 115 Å². The highest BCUT2D eigenvalue weighted by Gasteiger charge is 2.18. The normalized spacial score (nSPS) is 11.7. The van der Waals surface area contributed by atoms with Crippen LogP contribution in [0.4, 0.5) is 17.1 Å². The van der Waals surface area contributed by atoms with Crippen molar-refractivity contribution in [3.63, 3.8) is 0 Å². The lowest BCUT2D eigenvalue weighted by Crippen LogP contribution is -2.10. The molecule has 0 aliphatic heterocycles. The molecule has 0 aliphatic carbocycles. The van der Waals surface area contributed by atoms with E-state index in [4.69, 9.17) is 4.42 Å². The highest BCUT2D eigenvalue weighted by molar-refractivity contribution is 6.15. The van der Waals surface area contributed by atoms with E-state index in [1.54, 1.807) is 0 Å². The zero-order valence-corrected chi connectivity index (χ0v) is 38.7. The number of furan rings is 1. The van der Waals surface area contributed by atoms with Gasteiger partial charge in [0.15, 0.2) is 0 Å². The number of hydrogen-bond acceptors (Lipinski definition) is 2. The molecule has 0 unspecified atom stereocenters. The number of benzene rings is 12. The van der Waals surface area contributed by atoms with Gasteiger partial charge in [0.2, 0.25) is 0 Å². The first-order valence-electron chi connectivity index (χ1n) is 24.3. The van der Waals surface area contributed by atoms with Crippen molar-refractivity contribution in [2.75, 3.05) is 4.90 Å². The van der Waals surface area contributed by atoms with Crippen LogP contribution in [0.15, 0.2) is 271 Å². The topological polar surface area (TPSA) is 21.3 Å². The molecular formula is C68H44N2O. The highest BCUT2D eigenvalue weighted by Crippen LogP contribution is 2.43. The van der Waals surface area contributed by atoms with E-state index < -0.39 is 0 Å². The Kier molecular flexibility index (Phi) is 9.53. The fraction of sp³-hybridized carbons (Fsp3) is 0. The van der Waals surface area contributed by atoms with Gasteiger partial charge in [-0.05, 0) is 145 Å². The second kappa shape index (κ2) is 16.7. The van der Waals surface area contributed by atoms with Gasteiger partial charge in [-0.15, -0.1) is 0 Å². The van der Waals surface area contributed by atoms with Crippen LogP contribution in [0.5, 0.6) is 0 Å². The number of nitrogens with zero attached hydrogens (tertiary/aromatic N) is 2. The molecule has 71 heavy (non-hydrogen) atoms. The van der Waals surface area contributed by atoms with Crippen LogP contribution >= 0.6 is 0 Å². The van der Waals surface area contributed by atoms with Crippen LogP contribution in [0.1, 0.15) is 0 Å². The highest BCUT2D eigenvalue weighted by atomic mass is 16.3. The van der Waals surface area contributed by atoms with E-state index in [-0.39, 0.29) is 0 Å². The van der Waals surface area contributed by atoms with Crippen molar-refractivity contribution in [2.45, 2.75) is 0 Å². The molecular weight excluding hydrogens is 861 g/mol. The first-order valence-corrected chi connectivity index (χ1v) is 24.3. The molecule has 0 saturated carbocycles. The molecule has 12 aromatic carbocycles. The van der Waals surface area contributed by atoms with Crippen LogP contribution in [0.2, 0.25) is 0 Å². The minimum atomic E-state index is 0.888. The first-order chi connectivity index (χ1) is 35.2. The second-order valence-electron chi connectivity index (χ2n) is 18.4. The monoisotopic (exact) mass is 904 g/mol. The number of fused-ring (bicyclic) bond motifs is 9. The van der Waals surface area contributed by atoms with Crippen molar-refractivity contribution in [3.8, 4) is 50.2 Å². The quantitative estimate of drug-likeness (QED) is 0.142. The zero-order valence-electron chi connectivity index (χ0n) is 38.7. The van der Waals surface area contributed by atoms with Gasteiger partial charge < -0.3 is 13.9 Å². The summed E-state index contributed by atoms with van der Waals surface area (Å²) >= 11 is 0. The zero-order chi connectivity index (χ0) is 46.8. The molecule has 14 aromatic rings. The maximum atomic E-state index is 6.34. The summed E-state index contributed by atoms with van der Waals surface area (Å²) in [5.74, 6) is 0. The number of rotatable bonds is 8. The van der Waals surface area contributed by atoms with Crippen molar-refractivity contribution in [3.05, 3.63) is 267 Å². The van der Waals surface area contributed by atoms with Crippen molar-refractivity contribution in [2.24, 2.45) is 0 Å². The summed E-state index contributed by atoms with van der Waals surface area (Å²) in [7, 11) is 0. The van der Waals surface area contributed by atoms with Gasteiger partial charge in [-0.3, -0.25) is 0 Å². The lowest BCUT2D eigenvalue weighted by Gasteiger charge is -2.26. The van der Waals surface area contributed by atoms with E-state index in [0.717, 1.165) is 61.4 Å². The maximum absolute atomic E-state index is 6.34. The number of aromatic nitrogens is 1. The van der Waals surface area contributed by atoms with Gasteiger partial charge in [0.1, 0.15) is 11.2 Å². The van der Waals surface area contributed by atoms with Gasteiger partial charge in [0.05, 0.1) is 11.0 Å². The molecule has 3 heteroatoms. The Labute approximate surface area is 411 Å². The summed E-state index contributed by atoms with van der Waals surface area (Å²) in [4.78, 5) is 2.37. The molecule has 0 amide bonds. The third-order valence-electron chi connectivity index (χ3n) is 14.4. The summed E-state index contributed by atoms with van der Waals surface area (Å²) < 4.78 is 8.72. The van der Waals surface area contributed by atoms with Crippen LogP contribution < -0.4 is 4.90 Å². The Morgan fingerprint density at radius 3 is 1.52 bits per heavy atom. The third kappa shape index (κ3) is 6.89. The van der Waals surface area contributed by atoms with E-state index in [1.807, 2.05) is 12.1 Å². The van der Waals surface area contributed by atoms with E-state index in [9.17, 15) is 0 Å². The fourth-order valence-electron chi connectivity index (χ4n) is 11.0. The smallest absolute Gasteiger partial charge is 0.136 e. The van der Waals surface area contributed by atoms with Gasteiger partial charge in [-0.2, -0.15) is 0 Å². The van der Waals surface area contributed by atoms with Gasteiger partial charge in [-0.1, -0.05) is 188 Å². The minimum absolute atomic E-state index is 0.888. The Hall–Kier alpha value is -9.44. The molecule has 2 heterocycles. The largest absolute Gasteiger partial charge is 0.456 e. The van der Waals surface area contributed by atoms with Crippen molar-refractivity contribution < 1.29 is 4.42 Å². The van der Waals surface area contributed by atoms with E-state index in [0.29, 0.717) is 0 Å². The summed E-state index contributed by atoms with van der Waals surface area (Å²) in [6.07, 6.45) is 0. The number of para-hydroxylation sites is 3. The lowest BCUT2D eigenvalue weighted by molar-refractivity contribution is 0.669. The Bertz CT molecular complexity index is 4280. The minimum Gasteiger partial charge on any atom is -0.456 e. The molecule has 14 rings (SSSR count). The molecule has 0 N–H and O–H groups in total. The molecule has 0 aliphatic rings. The molecule has 332 valence electrons. The standard InChI is InChI=1S/C68H44N2O/c1-2-19-56-51(14-1)44-63(59-21-4-3-20-58(56)59)48-36-40-53(41-37-48)69(54-17-12-16-50(43-54)57-25-13-29-67-68(57)62-24-7-10-28-66(62)71-67)52-38-34-46(35-39-52)45-30-32-47(33-31-45)49-15-11-18-55(42-49)70-64-26-8-5-22-60(64)61-23-6-9-27-65(61)70/h1-44H. The predicted octanol–water partition coefficient (Wildman–Crippen LogP) is 19.1. The predicted molar refractivity (Wildman–Crippen MR) is 299 cm³/mol. The molecule has 0 spiro atoms. The molecule has 0 bridgehead atoms. The average molecular weight is 905 g/mol. The molecule has 0 radical (unpaired) electrons. The maximum Gasteiger partial charge on any atom is 0.136 e. The average Bonchev–Trinajstić information content (AvgIpc) is 4.00. The van der Waals surface area contributed by atoms with Crippen LogP contribution in [-0.2, 0) is 0 Å². The van der Waals surface area contributed by atoms with Crippen LogP contribution in [0.3, 0.4) is 0 Å². The molecule has 0 saturated heterocycles. The van der Waals surface area contributed by atoms with Crippen molar-refractivity contribution >= 4 is 82.4 Å². The fourth-order valence-corrected chi connectivity index (χ4v) is 11.0. The second-order valence-corrected chi connectivity index (χ2v) is 18.4. The molecule has 3 nitrogen and oxygen atoms in total. The lowest BCUT2D eigenvalue weighted by atomic mass is 9.93. The summed E-state index contributed by atoms with van der Waals surface area (Å²) in [6.45, 7) is 0. The third-order valence-corrected chi connectivity index (χ3v) is 14.4. The molecule has 0 atom stereocenters. The van der Waals surface area contributed by atoms with E-state index in [1.165, 1.54) is 71.2 Å². The van der Waals surface area contributed by atoms with Crippen LogP contribution in [0, 0.1) is 0 Å².